The summed E-state index contributed by atoms with van der Waals surface area (Å²) in [6, 6.07) is 61.5. The van der Waals surface area contributed by atoms with Gasteiger partial charge in [-0.3, -0.25) is 0 Å². The first-order chi connectivity index (χ1) is 26.0. The van der Waals surface area contributed by atoms with Gasteiger partial charge in [-0.2, -0.15) is 0 Å². The number of fused-ring (bicyclic) bond motifs is 8. The Kier molecular flexibility index (Phi) is 6.25. The highest BCUT2D eigenvalue weighted by molar-refractivity contribution is 6.18. The van der Waals surface area contributed by atoms with Crippen molar-refractivity contribution in [3.05, 3.63) is 215 Å². The Morgan fingerprint density at radius 1 is 0.358 bits per heavy atom. The number of furan rings is 1. The minimum absolute atomic E-state index is 0.622. The van der Waals surface area contributed by atoms with Crippen molar-refractivity contribution in [3.8, 4) is 11.1 Å². The molecule has 0 aliphatic heterocycles. The molecule has 0 saturated heterocycles. The van der Waals surface area contributed by atoms with Gasteiger partial charge in [0.1, 0.15) is 22.4 Å². The summed E-state index contributed by atoms with van der Waals surface area (Å²) in [5.74, 6) is 0. The highest BCUT2D eigenvalue weighted by Crippen LogP contribution is 2.55. The Hall–Kier alpha value is -6.52. The van der Waals surface area contributed by atoms with E-state index in [-0.39, 0.29) is 0 Å². The molecule has 0 fully saturated rings. The van der Waals surface area contributed by atoms with E-state index in [4.69, 9.17) is 4.42 Å². The summed E-state index contributed by atoms with van der Waals surface area (Å²) in [5, 5.41) is 35.6. The van der Waals surface area contributed by atoms with Crippen molar-refractivity contribution in [1.29, 1.82) is 0 Å². The molecule has 9 aromatic carbocycles. The number of rotatable bonds is 3. The maximum atomic E-state index is 13.6. The lowest BCUT2D eigenvalue weighted by Gasteiger charge is -2.45. The average molecular weight is 681 g/mol. The van der Waals surface area contributed by atoms with E-state index in [9.17, 15) is 10.2 Å². The predicted molar refractivity (Wildman–Crippen MR) is 215 cm³/mol. The van der Waals surface area contributed by atoms with Crippen molar-refractivity contribution in [2.75, 3.05) is 0 Å². The third kappa shape index (κ3) is 4.18. The third-order valence-electron chi connectivity index (χ3n) is 11.5. The van der Waals surface area contributed by atoms with Crippen LogP contribution in [0.2, 0.25) is 0 Å². The zero-order valence-corrected chi connectivity index (χ0v) is 28.6. The summed E-state index contributed by atoms with van der Waals surface area (Å²) in [6.45, 7) is 0. The molecule has 0 saturated carbocycles. The fourth-order valence-corrected chi connectivity index (χ4v) is 8.98. The molecule has 0 amide bonds. The minimum atomic E-state index is -1.60. The molecular formula is C50H32O3. The van der Waals surface area contributed by atoms with E-state index in [2.05, 4.69) is 97.1 Å². The molecule has 2 unspecified atom stereocenters. The van der Waals surface area contributed by atoms with Crippen molar-refractivity contribution in [3.63, 3.8) is 0 Å². The molecule has 250 valence electrons. The van der Waals surface area contributed by atoms with Crippen LogP contribution in [-0.2, 0) is 11.2 Å². The van der Waals surface area contributed by atoms with Crippen molar-refractivity contribution in [1.82, 2.24) is 0 Å². The summed E-state index contributed by atoms with van der Waals surface area (Å²) >= 11 is 0. The SMILES string of the molecule is OC1(c2ccc3ccccc3c2)c2ccccc2C(O)(c2ccc3ccccc3c2)c2cc(-c3c4ccccc4cc4c3oc3ccccc34)ccc21. The maximum Gasteiger partial charge on any atom is 0.143 e. The van der Waals surface area contributed by atoms with Crippen LogP contribution in [0.1, 0.15) is 33.4 Å². The maximum absolute atomic E-state index is 13.6. The first-order valence-electron chi connectivity index (χ1n) is 18.0. The standard InChI is InChI=1S/C50H32O3/c51-49(37-24-21-31-11-1-3-13-33(31)27-37)42-18-8-9-19-43(42)50(52,38-25-22-32-12-2-4-14-34(32)28-38)45-30-36(23-26-44(45)49)47-39-16-6-5-15-35(39)29-41-40-17-7-10-20-46(40)53-48(41)47/h1-30,51-52H. The Morgan fingerprint density at radius 3 is 1.53 bits per heavy atom. The molecule has 0 radical (unpaired) electrons. The fourth-order valence-electron chi connectivity index (χ4n) is 8.98. The second-order valence-corrected chi connectivity index (χ2v) is 14.3. The van der Waals surface area contributed by atoms with Crippen LogP contribution in [0, 0.1) is 0 Å². The molecule has 2 atom stereocenters. The van der Waals surface area contributed by atoms with E-state index < -0.39 is 11.2 Å². The number of hydrogen-bond donors (Lipinski definition) is 2. The van der Waals surface area contributed by atoms with Crippen LogP contribution in [0.25, 0.3) is 65.4 Å². The molecule has 1 aromatic heterocycles. The zero-order chi connectivity index (χ0) is 35.3. The van der Waals surface area contributed by atoms with Gasteiger partial charge in [-0.1, -0.05) is 152 Å². The van der Waals surface area contributed by atoms with Gasteiger partial charge in [0.15, 0.2) is 0 Å². The second-order valence-electron chi connectivity index (χ2n) is 14.3. The van der Waals surface area contributed by atoms with Gasteiger partial charge >= 0.3 is 0 Å². The van der Waals surface area contributed by atoms with Crippen LogP contribution in [-0.4, -0.2) is 10.2 Å². The smallest absolute Gasteiger partial charge is 0.143 e. The fraction of sp³-hybridized carbons (Fsp3) is 0.0400. The molecule has 53 heavy (non-hydrogen) atoms. The van der Waals surface area contributed by atoms with Gasteiger partial charge in [0.25, 0.3) is 0 Å². The van der Waals surface area contributed by atoms with Crippen molar-refractivity contribution < 1.29 is 14.6 Å². The molecule has 2 N–H and O–H groups in total. The van der Waals surface area contributed by atoms with E-state index in [0.717, 1.165) is 76.5 Å². The third-order valence-corrected chi connectivity index (χ3v) is 11.5. The van der Waals surface area contributed by atoms with Gasteiger partial charge in [0.05, 0.1) is 0 Å². The largest absolute Gasteiger partial charge is 0.455 e. The summed E-state index contributed by atoms with van der Waals surface area (Å²) in [5.41, 5.74) is 4.30. The van der Waals surface area contributed by atoms with Gasteiger partial charge < -0.3 is 14.6 Å². The summed E-state index contributed by atoms with van der Waals surface area (Å²) in [6.07, 6.45) is 0. The first kappa shape index (κ1) is 30.1. The van der Waals surface area contributed by atoms with E-state index >= 15 is 0 Å². The van der Waals surface area contributed by atoms with Gasteiger partial charge in [-0.25, -0.2) is 0 Å². The van der Waals surface area contributed by atoms with Gasteiger partial charge in [0.2, 0.25) is 0 Å². The summed E-state index contributed by atoms with van der Waals surface area (Å²) in [7, 11) is 0. The second kappa shape index (κ2) is 11.0. The Morgan fingerprint density at radius 2 is 0.868 bits per heavy atom. The summed E-state index contributed by atoms with van der Waals surface area (Å²) < 4.78 is 6.67. The predicted octanol–water partition coefficient (Wildman–Crippen LogP) is 11.6. The van der Waals surface area contributed by atoms with Crippen LogP contribution >= 0.6 is 0 Å². The average Bonchev–Trinajstić information content (AvgIpc) is 3.59. The number of benzene rings is 9. The number of aliphatic hydroxyl groups is 2. The van der Waals surface area contributed by atoms with Crippen LogP contribution < -0.4 is 0 Å². The molecule has 3 heteroatoms. The lowest BCUT2D eigenvalue weighted by Crippen LogP contribution is -2.44. The first-order valence-corrected chi connectivity index (χ1v) is 18.0. The lowest BCUT2D eigenvalue weighted by atomic mass is 9.63. The van der Waals surface area contributed by atoms with Crippen molar-refractivity contribution >= 4 is 54.3 Å². The lowest BCUT2D eigenvalue weighted by molar-refractivity contribution is 0.0750. The van der Waals surface area contributed by atoms with Gasteiger partial charge in [0, 0.05) is 16.3 Å². The normalized spacial score (nSPS) is 18.2. The van der Waals surface area contributed by atoms with Crippen molar-refractivity contribution in [2.45, 2.75) is 11.2 Å². The topological polar surface area (TPSA) is 53.6 Å². The van der Waals surface area contributed by atoms with E-state index in [1.807, 2.05) is 84.9 Å². The van der Waals surface area contributed by atoms with E-state index in [1.54, 1.807) is 0 Å². The molecule has 1 aliphatic rings. The van der Waals surface area contributed by atoms with Gasteiger partial charge in [-0.15, -0.1) is 0 Å². The Labute approximate surface area is 305 Å². The van der Waals surface area contributed by atoms with Crippen LogP contribution in [0.5, 0.6) is 0 Å². The quantitative estimate of drug-likeness (QED) is 0.195. The van der Waals surface area contributed by atoms with Crippen LogP contribution in [0.3, 0.4) is 0 Å². The van der Waals surface area contributed by atoms with Crippen LogP contribution in [0.15, 0.2) is 186 Å². The van der Waals surface area contributed by atoms with Crippen LogP contribution in [0.4, 0.5) is 0 Å². The van der Waals surface area contributed by atoms with Crippen molar-refractivity contribution in [2.24, 2.45) is 0 Å². The molecule has 0 bridgehead atoms. The molecule has 10 aromatic rings. The summed E-state index contributed by atoms with van der Waals surface area (Å²) in [4.78, 5) is 0. The highest BCUT2D eigenvalue weighted by atomic mass is 16.3. The van der Waals surface area contributed by atoms with E-state index in [0.29, 0.717) is 22.3 Å². The highest BCUT2D eigenvalue weighted by Gasteiger charge is 2.51. The molecule has 1 aliphatic carbocycles. The van der Waals surface area contributed by atoms with Gasteiger partial charge in [-0.05, 0) is 102 Å². The molecule has 3 nitrogen and oxygen atoms in total. The molecule has 11 rings (SSSR count). The van der Waals surface area contributed by atoms with E-state index in [1.165, 1.54) is 0 Å². The molecular weight excluding hydrogens is 649 g/mol. The molecule has 0 spiro atoms. The molecule has 1 heterocycles. The zero-order valence-electron chi connectivity index (χ0n) is 28.6. The monoisotopic (exact) mass is 680 g/mol. The number of hydrogen-bond acceptors (Lipinski definition) is 3. The Balaban J connectivity index is 1.26. The number of para-hydroxylation sites is 1. The minimum Gasteiger partial charge on any atom is -0.455 e. The Bertz CT molecular complexity index is 3120.